The number of hydrogen-bond acceptors (Lipinski definition) is 6. The number of aliphatic hydroxyl groups is 1. The van der Waals surface area contributed by atoms with E-state index in [-0.39, 0.29) is 53.5 Å². The summed E-state index contributed by atoms with van der Waals surface area (Å²) in [5.41, 5.74) is 1.01. The number of carbonyl (C=O) groups excluding carboxylic acids is 2. The van der Waals surface area contributed by atoms with Crippen molar-refractivity contribution in [2.45, 2.75) is 30.9 Å². The summed E-state index contributed by atoms with van der Waals surface area (Å²) >= 11 is 0. The van der Waals surface area contributed by atoms with E-state index in [0.29, 0.717) is 5.69 Å². The number of para-hydroxylation sites is 1. The molecule has 212 valence electrons. The second-order valence-corrected chi connectivity index (χ2v) is 11.6. The van der Waals surface area contributed by atoms with Crippen molar-refractivity contribution in [1.29, 1.82) is 0 Å². The predicted molar refractivity (Wildman–Crippen MR) is 153 cm³/mol. The van der Waals surface area contributed by atoms with E-state index in [0.717, 1.165) is 0 Å². The zero-order valence-electron chi connectivity index (χ0n) is 22.7. The quantitative estimate of drug-likeness (QED) is 0.380. The number of rotatable bonds is 8. The minimum absolute atomic E-state index is 0.0885. The Balaban J connectivity index is 1.62. The van der Waals surface area contributed by atoms with Crippen LogP contribution >= 0.6 is 0 Å². The number of urea groups is 1. The molecule has 0 fully saturated rings. The molecule has 1 heterocycles. The second-order valence-electron chi connectivity index (χ2n) is 9.93. The van der Waals surface area contributed by atoms with Gasteiger partial charge in [-0.2, -0.15) is 0 Å². The molecule has 1 aliphatic rings. The number of amides is 3. The van der Waals surface area contributed by atoms with Crippen LogP contribution in [0.5, 0.6) is 5.75 Å². The lowest BCUT2D eigenvalue weighted by atomic mass is 9.99. The summed E-state index contributed by atoms with van der Waals surface area (Å²) < 4.78 is 34.6. The molecule has 0 spiro atoms. The predicted octanol–water partition coefficient (Wildman–Crippen LogP) is 3.87. The molecule has 40 heavy (non-hydrogen) atoms. The summed E-state index contributed by atoms with van der Waals surface area (Å²) in [5, 5.41) is 12.7. The van der Waals surface area contributed by atoms with Crippen LogP contribution in [-0.4, -0.2) is 74.2 Å². The molecule has 0 saturated carbocycles. The molecule has 0 aromatic heterocycles. The molecule has 0 unspecified atom stereocenters. The Kier molecular flexibility index (Phi) is 8.96. The normalized spacial score (nSPS) is 18.0. The maximum atomic E-state index is 13.6. The number of hydrogen-bond donors (Lipinski definition) is 3. The van der Waals surface area contributed by atoms with E-state index in [1.165, 1.54) is 29.2 Å². The number of nitrogens with zero attached hydrogens (tertiary/aromatic N) is 2. The van der Waals surface area contributed by atoms with Crippen LogP contribution in [0.2, 0.25) is 0 Å². The van der Waals surface area contributed by atoms with Gasteiger partial charge in [-0.15, -0.1) is 0 Å². The molecule has 1 aliphatic heterocycles. The number of benzene rings is 3. The largest absolute Gasteiger partial charge is 0.487 e. The van der Waals surface area contributed by atoms with Gasteiger partial charge in [-0.25, -0.2) is 13.2 Å². The summed E-state index contributed by atoms with van der Waals surface area (Å²) in [5.74, 6) is -0.330. The van der Waals surface area contributed by atoms with E-state index in [1.807, 2.05) is 25.1 Å². The summed E-state index contributed by atoms with van der Waals surface area (Å²) in [6, 6.07) is 20.7. The zero-order chi connectivity index (χ0) is 28.9. The minimum Gasteiger partial charge on any atom is -0.487 e. The molecule has 3 aromatic carbocycles. The lowest BCUT2D eigenvalue weighted by Gasteiger charge is -2.38. The highest BCUT2D eigenvalue weighted by Crippen LogP contribution is 2.31. The van der Waals surface area contributed by atoms with Crippen molar-refractivity contribution in [1.82, 2.24) is 9.80 Å². The second kappa shape index (κ2) is 12.4. The molecule has 3 atom stereocenters. The summed E-state index contributed by atoms with van der Waals surface area (Å²) in [7, 11) is -2.22. The average molecular weight is 567 g/mol. The molecule has 0 radical (unpaired) electrons. The third kappa shape index (κ3) is 6.72. The van der Waals surface area contributed by atoms with Gasteiger partial charge < -0.3 is 25.0 Å². The fourth-order valence-corrected chi connectivity index (χ4v) is 5.48. The fourth-order valence-electron chi connectivity index (χ4n) is 4.41. The van der Waals surface area contributed by atoms with Gasteiger partial charge >= 0.3 is 6.03 Å². The van der Waals surface area contributed by atoms with Crippen molar-refractivity contribution in [3.8, 4) is 5.75 Å². The van der Waals surface area contributed by atoms with Gasteiger partial charge in [0.1, 0.15) is 11.9 Å². The monoisotopic (exact) mass is 566 g/mol. The van der Waals surface area contributed by atoms with Crippen LogP contribution in [-0.2, 0) is 10.0 Å². The van der Waals surface area contributed by atoms with Crippen molar-refractivity contribution in [2.75, 3.05) is 36.8 Å². The number of aliphatic hydroxyl groups excluding tert-OH is 1. The molecule has 10 nitrogen and oxygen atoms in total. The zero-order valence-corrected chi connectivity index (χ0v) is 23.5. The summed E-state index contributed by atoms with van der Waals surface area (Å²) in [6.45, 7) is 3.89. The first-order valence-electron chi connectivity index (χ1n) is 13.0. The van der Waals surface area contributed by atoms with E-state index < -0.39 is 28.1 Å². The number of fused-ring (bicyclic) bond motifs is 1. The van der Waals surface area contributed by atoms with E-state index in [9.17, 15) is 23.1 Å². The fraction of sp³-hybridized carbons (Fsp3) is 0.310. The van der Waals surface area contributed by atoms with Crippen molar-refractivity contribution < 1.29 is 27.9 Å². The molecular weight excluding hydrogens is 532 g/mol. The lowest BCUT2D eigenvalue weighted by molar-refractivity contribution is 0.0371. The molecule has 4 rings (SSSR count). The van der Waals surface area contributed by atoms with Crippen LogP contribution in [0.25, 0.3) is 0 Å². The Labute approximate surface area is 234 Å². The molecular formula is C29H34N4O6S. The highest BCUT2D eigenvalue weighted by atomic mass is 32.2. The maximum Gasteiger partial charge on any atom is 0.321 e. The molecule has 0 aliphatic carbocycles. The average Bonchev–Trinajstić information content (AvgIpc) is 2.95. The van der Waals surface area contributed by atoms with Crippen molar-refractivity contribution >= 4 is 33.3 Å². The topological polar surface area (TPSA) is 128 Å². The van der Waals surface area contributed by atoms with E-state index in [4.69, 9.17) is 4.74 Å². The van der Waals surface area contributed by atoms with Crippen molar-refractivity contribution in [2.24, 2.45) is 5.92 Å². The van der Waals surface area contributed by atoms with E-state index >= 15 is 0 Å². The van der Waals surface area contributed by atoms with Gasteiger partial charge in [0.05, 0.1) is 29.7 Å². The molecule has 0 saturated heterocycles. The number of sulfonamides is 1. The van der Waals surface area contributed by atoms with Crippen molar-refractivity contribution in [3.05, 3.63) is 84.4 Å². The Morgan fingerprint density at radius 1 is 1.07 bits per heavy atom. The Hall–Kier alpha value is -4.09. The Morgan fingerprint density at radius 2 is 1.73 bits per heavy atom. The highest BCUT2D eigenvalue weighted by Gasteiger charge is 2.34. The summed E-state index contributed by atoms with van der Waals surface area (Å²) in [4.78, 5) is 29.7. The van der Waals surface area contributed by atoms with E-state index in [2.05, 4.69) is 10.0 Å². The van der Waals surface area contributed by atoms with Gasteiger partial charge in [0, 0.05) is 30.9 Å². The molecule has 11 heteroatoms. The number of likely N-dealkylation sites (N-methyl/N-ethyl adjacent to an activating group) is 1. The number of ether oxygens (including phenoxy) is 1. The third-order valence-corrected chi connectivity index (χ3v) is 8.19. The molecule has 0 bridgehead atoms. The van der Waals surface area contributed by atoms with Crippen LogP contribution in [0.4, 0.5) is 16.2 Å². The first kappa shape index (κ1) is 28.9. The van der Waals surface area contributed by atoms with Crippen LogP contribution in [0.1, 0.15) is 24.2 Å². The third-order valence-electron chi connectivity index (χ3n) is 6.80. The maximum absolute atomic E-state index is 13.6. The highest BCUT2D eigenvalue weighted by molar-refractivity contribution is 7.92. The molecule has 3 aromatic rings. The van der Waals surface area contributed by atoms with Gasteiger partial charge in [-0.3, -0.25) is 9.52 Å². The van der Waals surface area contributed by atoms with Gasteiger partial charge in [0.25, 0.3) is 15.9 Å². The van der Waals surface area contributed by atoms with Crippen LogP contribution in [0.15, 0.2) is 83.8 Å². The van der Waals surface area contributed by atoms with E-state index in [1.54, 1.807) is 55.3 Å². The lowest BCUT2D eigenvalue weighted by Crippen LogP contribution is -2.50. The van der Waals surface area contributed by atoms with Gasteiger partial charge in [0.2, 0.25) is 0 Å². The first-order valence-corrected chi connectivity index (χ1v) is 14.4. The van der Waals surface area contributed by atoms with Gasteiger partial charge in [-0.1, -0.05) is 43.3 Å². The van der Waals surface area contributed by atoms with Gasteiger partial charge in [-0.05, 0) is 49.4 Å². The summed E-state index contributed by atoms with van der Waals surface area (Å²) in [6.07, 6.45) is -0.501. The molecule has 3 amide bonds. The standard InChI is InChI=1S/C29H34N4O6S/c1-20-17-33(21(2)19-34)28(35)25-16-23(31-40(37,38)24-12-8-5-9-13-24)14-15-26(25)39-27(20)18-32(3)29(36)30-22-10-6-4-7-11-22/h4-16,20-21,27,31,34H,17-19H2,1-3H3,(H,30,36)/t20-,21+,27+/m0/s1. The Bertz CT molecular complexity index is 1440. The smallest absolute Gasteiger partial charge is 0.321 e. The molecule has 3 N–H and O–H groups in total. The minimum atomic E-state index is -3.89. The number of carbonyl (C=O) groups is 2. The van der Waals surface area contributed by atoms with Crippen molar-refractivity contribution in [3.63, 3.8) is 0 Å². The van der Waals surface area contributed by atoms with Gasteiger partial charge in [0.15, 0.2) is 0 Å². The van der Waals surface area contributed by atoms with Crippen LogP contribution < -0.4 is 14.8 Å². The Morgan fingerprint density at radius 3 is 2.38 bits per heavy atom. The number of nitrogens with one attached hydrogen (secondary N) is 2. The SMILES string of the molecule is C[C@H](CO)N1C[C@H](C)[C@@H](CN(C)C(=O)Nc2ccccc2)Oc2ccc(NS(=O)(=O)c3ccccc3)cc2C1=O. The number of anilines is 2. The van der Waals surface area contributed by atoms with Crippen LogP contribution in [0.3, 0.4) is 0 Å². The van der Waals surface area contributed by atoms with Crippen LogP contribution in [0, 0.1) is 5.92 Å². The first-order chi connectivity index (χ1) is 19.1.